The van der Waals surface area contributed by atoms with Gasteiger partial charge in [0.2, 0.25) is 0 Å². The summed E-state index contributed by atoms with van der Waals surface area (Å²) in [5, 5.41) is 0. The Kier molecular flexibility index (Phi) is 12.5. The summed E-state index contributed by atoms with van der Waals surface area (Å²) in [6.07, 6.45) is 0. The van der Waals surface area contributed by atoms with Gasteiger partial charge in [0.25, 0.3) is 0 Å². The second-order valence-electron chi connectivity index (χ2n) is 8.67. The average Bonchev–Trinajstić information content (AvgIpc) is 2.43. The van der Waals surface area contributed by atoms with Gasteiger partial charge in [0.05, 0.1) is 0 Å². The maximum absolute atomic E-state index is 2.32. The molecular weight excluding hydrogens is 417 g/mol. The van der Waals surface area contributed by atoms with Crippen molar-refractivity contribution in [3.05, 3.63) is 57.6 Å². The van der Waals surface area contributed by atoms with Gasteiger partial charge in [-0.25, -0.2) is 0 Å². The van der Waals surface area contributed by atoms with Crippen LogP contribution in [0.3, 0.4) is 0 Å². The van der Waals surface area contributed by atoms with Crippen LogP contribution in [0.1, 0.15) is 33.4 Å². The Bertz CT molecular complexity index is 605. The van der Waals surface area contributed by atoms with Crippen LogP contribution in [-0.4, -0.2) is 33.0 Å². The number of aryl methyl sites for hydroxylation is 6. The molecule has 0 aliphatic rings. The van der Waals surface area contributed by atoms with Crippen LogP contribution in [0, 0.1) is 41.5 Å². The Labute approximate surface area is 179 Å². The van der Waals surface area contributed by atoms with Gasteiger partial charge < -0.3 is 0 Å². The summed E-state index contributed by atoms with van der Waals surface area (Å²) in [4.78, 5) is 0. The van der Waals surface area contributed by atoms with Gasteiger partial charge in [-0.2, -0.15) is 0 Å². The molecule has 0 N–H and O–H groups in total. The van der Waals surface area contributed by atoms with E-state index in [1.165, 1.54) is 33.4 Å². The van der Waals surface area contributed by atoms with Crippen molar-refractivity contribution in [1.29, 1.82) is 0 Å². The monoisotopic (exact) mass is 458 g/mol. The predicted octanol–water partition coefficient (Wildman–Crippen LogP) is 5.93. The SMILES string of the molecule is C[Si](C)C.C[Si](C)C.Cc1cc(C)[c]([Ge][c]2c(C)cc(C)cc2C)c(C)c1. The molecule has 0 saturated carbocycles. The van der Waals surface area contributed by atoms with Crippen molar-refractivity contribution < 1.29 is 0 Å². The molecule has 0 heterocycles. The first-order valence-electron chi connectivity index (χ1n) is 9.81. The van der Waals surface area contributed by atoms with Crippen molar-refractivity contribution in [3.63, 3.8) is 0 Å². The summed E-state index contributed by atoms with van der Waals surface area (Å²) in [5.41, 5.74) is 8.63. The Balaban J connectivity index is 0.000000718. The Morgan fingerprint density at radius 3 is 0.852 bits per heavy atom. The topological polar surface area (TPSA) is 0 Å². The summed E-state index contributed by atoms with van der Waals surface area (Å²) in [7, 11) is 0.241. The molecule has 0 saturated heterocycles. The van der Waals surface area contributed by atoms with Gasteiger partial charge in [-0.05, 0) is 0 Å². The van der Waals surface area contributed by atoms with Crippen LogP contribution < -0.4 is 8.79 Å². The number of hydrogen-bond acceptors (Lipinski definition) is 0. The summed E-state index contributed by atoms with van der Waals surface area (Å²) < 4.78 is 3.22. The molecule has 0 atom stereocenters. The molecule has 0 nitrogen and oxygen atoms in total. The zero-order chi connectivity index (χ0) is 21.3. The van der Waals surface area contributed by atoms with Crippen molar-refractivity contribution in [2.24, 2.45) is 0 Å². The normalized spacial score (nSPS) is 10.3. The third kappa shape index (κ3) is 11.1. The van der Waals surface area contributed by atoms with E-state index in [4.69, 9.17) is 0 Å². The Morgan fingerprint density at radius 2 is 0.667 bits per heavy atom. The second-order valence-corrected chi connectivity index (χ2v) is 17.3. The van der Waals surface area contributed by atoms with Crippen molar-refractivity contribution >= 4 is 41.8 Å². The van der Waals surface area contributed by atoms with Gasteiger partial charge in [0.1, 0.15) is 0 Å². The molecular formula is C24H40GeSi2. The fourth-order valence-corrected chi connectivity index (χ4v) is 5.66. The number of rotatable bonds is 2. The Morgan fingerprint density at radius 1 is 0.481 bits per heavy atom. The number of benzene rings is 2. The van der Waals surface area contributed by atoms with Crippen LogP contribution in [0.25, 0.3) is 0 Å². The molecule has 3 heteroatoms. The molecule has 0 fully saturated rings. The fourth-order valence-electron chi connectivity index (χ4n) is 2.88. The average molecular weight is 457 g/mol. The third-order valence-corrected chi connectivity index (χ3v) is 7.96. The molecule has 0 unspecified atom stereocenters. The summed E-state index contributed by atoms with van der Waals surface area (Å²) in [5.74, 6) is 0. The van der Waals surface area contributed by atoms with Crippen LogP contribution in [0.2, 0.25) is 39.3 Å². The van der Waals surface area contributed by atoms with Gasteiger partial charge in [0, 0.05) is 17.6 Å². The minimum atomic E-state index is -0.239. The maximum atomic E-state index is 2.32. The summed E-state index contributed by atoms with van der Waals surface area (Å²) in [6.45, 7) is 27.0. The van der Waals surface area contributed by atoms with E-state index in [1.807, 2.05) is 0 Å². The molecule has 2 rings (SSSR count). The first-order valence-corrected chi connectivity index (χ1v) is 17.9. The first kappa shape index (κ1) is 26.4. The van der Waals surface area contributed by atoms with Gasteiger partial charge in [-0.1, -0.05) is 39.3 Å². The van der Waals surface area contributed by atoms with Crippen LogP contribution >= 0.6 is 0 Å². The molecule has 0 amide bonds. The Hall–Kier alpha value is -0.583. The minimum absolute atomic E-state index is 0.120. The molecule has 0 aliphatic carbocycles. The molecule has 4 radical (unpaired) electrons. The van der Waals surface area contributed by atoms with Crippen LogP contribution in [0.4, 0.5) is 0 Å². The molecule has 0 aliphatic heterocycles. The van der Waals surface area contributed by atoms with Crippen LogP contribution in [-0.2, 0) is 0 Å². The van der Waals surface area contributed by atoms with E-state index in [0.717, 1.165) is 0 Å². The van der Waals surface area contributed by atoms with Crippen molar-refractivity contribution in [3.8, 4) is 0 Å². The van der Waals surface area contributed by atoms with E-state index in [9.17, 15) is 0 Å². The van der Waals surface area contributed by atoms with E-state index in [-0.39, 0.29) is 33.0 Å². The van der Waals surface area contributed by atoms with Gasteiger partial charge in [0.15, 0.2) is 0 Å². The van der Waals surface area contributed by atoms with Crippen LogP contribution in [0.15, 0.2) is 24.3 Å². The summed E-state index contributed by atoms with van der Waals surface area (Å²) >= 11 is -0.239. The van der Waals surface area contributed by atoms with Crippen molar-refractivity contribution in [1.82, 2.24) is 0 Å². The van der Waals surface area contributed by atoms with E-state index >= 15 is 0 Å². The van der Waals surface area contributed by atoms with Gasteiger partial charge in [-0.15, -0.1) is 0 Å². The fraction of sp³-hybridized carbons (Fsp3) is 0.500. The van der Waals surface area contributed by atoms with Gasteiger partial charge in [-0.3, -0.25) is 0 Å². The number of hydrogen-bond donors (Lipinski definition) is 0. The molecule has 148 valence electrons. The molecule has 2 aromatic rings. The van der Waals surface area contributed by atoms with E-state index in [0.29, 0.717) is 0 Å². The zero-order valence-electron chi connectivity index (χ0n) is 19.8. The van der Waals surface area contributed by atoms with E-state index in [2.05, 4.69) is 105 Å². The molecule has 0 aromatic heterocycles. The molecule has 27 heavy (non-hydrogen) atoms. The van der Waals surface area contributed by atoms with Gasteiger partial charge >= 0.3 is 123 Å². The van der Waals surface area contributed by atoms with Crippen molar-refractivity contribution in [2.45, 2.75) is 80.8 Å². The predicted molar refractivity (Wildman–Crippen MR) is 133 cm³/mol. The van der Waals surface area contributed by atoms with E-state index in [1.54, 1.807) is 8.79 Å². The first-order chi connectivity index (χ1) is 12.3. The van der Waals surface area contributed by atoms with E-state index < -0.39 is 0 Å². The summed E-state index contributed by atoms with van der Waals surface area (Å²) in [6, 6.07) is 9.30. The molecule has 0 bridgehead atoms. The van der Waals surface area contributed by atoms with Crippen LogP contribution in [0.5, 0.6) is 0 Å². The van der Waals surface area contributed by atoms with Crippen molar-refractivity contribution in [2.75, 3.05) is 0 Å². The zero-order valence-corrected chi connectivity index (χ0v) is 23.9. The second kappa shape index (κ2) is 12.8. The standard InChI is InChI=1S/C18H22Ge.2C3H9Si/c1-11-7-13(3)17(14(4)8-11)19-18-15(5)9-12(2)10-16(18)6;2*1-4(2)3/h7-10H,1-6H3;2*1-3H3. The molecule has 0 spiro atoms. The third-order valence-electron chi connectivity index (χ3n) is 3.60. The molecule has 2 aromatic carbocycles. The quantitative estimate of drug-likeness (QED) is 0.491.